The number of aryl methyl sites for hydroxylation is 2. The molecular formula is C21H25N5OS. The molecular weight excluding hydrogens is 370 g/mol. The average molecular weight is 396 g/mol. The Morgan fingerprint density at radius 1 is 1.18 bits per heavy atom. The summed E-state index contributed by atoms with van der Waals surface area (Å²) < 4.78 is 3.99. The quantitative estimate of drug-likeness (QED) is 0.623. The van der Waals surface area contributed by atoms with E-state index < -0.39 is 0 Å². The molecule has 28 heavy (non-hydrogen) atoms. The second-order valence-corrected chi connectivity index (χ2v) is 8.30. The molecule has 2 aromatic heterocycles. The smallest absolute Gasteiger partial charge is 0.235 e. The highest BCUT2D eigenvalue weighted by molar-refractivity contribution is 7.99. The summed E-state index contributed by atoms with van der Waals surface area (Å²) in [5.74, 6) is 1.05. The second kappa shape index (κ2) is 8.22. The Balaban J connectivity index is 1.41. The lowest BCUT2D eigenvalue weighted by molar-refractivity contribution is -0.113. The van der Waals surface area contributed by atoms with Crippen molar-refractivity contribution >= 4 is 23.5 Å². The van der Waals surface area contributed by atoms with E-state index in [9.17, 15) is 4.79 Å². The summed E-state index contributed by atoms with van der Waals surface area (Å²) in [6.07, 6.45) is 10.2. The van der Waals surface area contributed by atoms with Crippen molar-refractivity contribution < 1.29 is 4.79 Å². The molecule has 0 bridgehead atoms. The van der Waals surface area contributed by atoms with Gasteiger partial charge in [-0.25, -0.2) is 9.67 Å². The van der Waals surface area contributed by atoms with Crippen LogP contribution in [0.2, 0.25) is 0 Å². The van der Waals surface area contributed by atoms with E-state index in [4.69, 9.17) is 0 Å². The molecule has 1 aliphatic rings. The molecule has 3 aromatic rings. The van der Waals surface area contributed by atoms with Crippen LogP contribution in [0.25, 0.3) is 5.69 Å². The maximum Gasteiger partial charge on any atom is 0.235 e. The lowest BCUT2D eigenvalue weighted by Crippen LogP contribution is -2.19. The van der Waals surface area contributed by atoms with Crippen LogP contribution in [-0.4, -0.2) is 31.0 Å². The molecule has 2 heterocycles. The third kappa shape index (κ3) is 4.14. The number of imidazole rings is 1. The Morgan fingerprint density at radius 2 is 1.93 bits per heavy atom. The lowest BCUT2D eigenvalue weighted by atomic mass is 10.1. The number of rotatable bonds is 6. The van der Waals surface area contributed by atoms with Gasteiger partial charge in [0.05, 0.1) is 18.0 Å². The number of aromatic nitrogens is 4. The van der Waals surface area contributed by atoms with Gasteiger partial charge in [-0.15, -0.1) is 0 Å². The van der Waals surface area contributed by atoms with Gasteiger partial charge in [0.2, 0.25) is 5.91 Å². The minimum absolute atomic E-state index is 0.0419. The molecule has 1 N–H and O–H groups in total. The van der Waals surface area contributed by atoms with Gasteiger partial charge in [-0.2, -0.15) is 5.10 Å². The molecule has 0 atom stereocenters. The number of anilines is 1. The summed E-state index contributed by atoms with van der Waals surface area (Å²) in [6.45, 7) is 4.17. The highest BCUT2D eigenvalue weighted by Gasteiger charge is 2.20. The van der Waals surface area contributed by atoms with E-state index >= 15 is 0 Å². The van der Waals surface area contributed by atoms with E-state index in [-0.39, 0.29) is 5.91 Å². The van der Waals surface area contributed by atoms with Crippen LogP contribution in [0.1, 0.15) is 42.9 Å². The van der Waals surface area contributed by atoms with Crippen LogP contribution in [0.3, 0.4) is 0 Å². The number of nitrogens with zero attached hydrogens (tertiary/aromatic N) is 4. The van der Waals surface area contributed by atoms with E-state index in [0.717, 1.165) is 29.5 Å². The third-order valence-corrected chi connectivity index (χ3v) is 6.00. The minimum atomic E-state index is -0.0419. The van der Waals surface area contributed by atoms with Gasteiger partial charge in [-0.3, -0.25) is 9.36 Å². The summed E-state index contributed by atoms with van der Waals surface area (Å²) in [7, 11) is 0. The van der Waals surface area contributed by atoms with Crippen LogP contribution in [0.5, 0.6) is 0 Å². The number of hydrogen-bond donors (Lipinski definition) is 1. The maximum atomic E-state index is 12.5. The van der Waals surface area contributed by atoms with Gasteiger partial charge >= 0.3 is 0 Å². The Hall–Kier alpha value is -2.54. The fraction of sp³-hybridized carbons (Fsp3) is 0.381. The topological polar surface area (TPSA) is 64.7 Å². The summed E-state index contributed by atoms with van der Waals surface area (Å²) in [4.78, 5) is 16.9. The molecule has 0 spiro atoms. The molecule has 0 radical (unpaired) electrons. The van der Waals surface area contributed by atoms with Crippen LogP contribution in [0.15, 0.2) is 48.0 Å². The van der Waals surface area contributed by atoms with Gasteiger partial charge in [0.25, 0.3) is 0 Å². The molecule has 146 valence electrons. The van der Waals surface area contributed by atoms with Crippen molar-refractivity contribution in [2.75, 3.05) is 11.1 Å². The third-order valence-electron chi connectivity index (χ3n) is 5.03. The molecule has 1 amide bonds. The minimum Gasteiger partial charge on any atom is -0.310 e. The van der Waals surface area contributed by atoms with Gasteiger partial charge in [0.15, 0.2) is 5.16 Å². The highest BCUT2D eigenvalue weighted by Crippen LogP contribution is 2.31. The van der Waals surface area contributed by atoms with E-state index in [0.29, 0.717) is 11.8 Å². The van der Waals surface area contributed by atoms with E-state index in [2.05, 4.69) is 47.4 Å². The summed E-state index contributed by atoms with van der Waals surface area (Å²) in [6, 6.07) is 8.67. The fourth-order valence-electron chi connectivity index (χ4n) is 3.84. The van der Waals surface area contributed by atoms with Crippen molar-refractivity contribution in [3.63, 3.8) is 0 Å². The lowest BCUT2D eigenvalue weighted by Gasteiger charge is -2.14. The normalized spacial score (nSPS) is 14.5. The number of nitrogens with one attached hydrogen (secondary N) is 1. The van der Waals surface area contributed by atoms with Crippen LogP contribution in [-0.2, 0) is 4.79 Å². The zero-order valence-corrected chi connectivity index (χ0v) is 17.1. The first-order valence-corrected chi connectivity index (χ1v) is 10.7. The van der Waals surface area contributed by atoms with Gasteiger partial charge in [0.1, 0.15) is 5.82 Å². The Labute approximate surface area is 169 Å². The fourth-order valence-corrected chi connectivity index (χ4v) is 4.62. The predicted molar refractivity (Wildman–Crippen MR) is 112 cm³/mol. The number of benzene rings is 1. The summed E-state index contributed by atoms with van der Waals surface area (Å²) in [5.41, 5.74) is 3.48. The number of thioether (sulfide) groups is 1. The highest BCUT2D eigenvalue weighted by atomic mass is 32.2. The molecule has 1 saturated carbocycles. The van der Waals surface area contributed by atoms with Crippen LogP contribution in [0.4, 0.5) is 5.82 Å². The first-order chi connectivity index (χ1) is 13.6. The van der Waals surface area contributed by atoms with Gasteiger partial charge in [-0.1, -0.05) is 30.7 Å². The van der Waals surface area contributed by atoms with Crippen molar-refractivity contribution in [3.05, 3.63) is 54.0 Å². The van der Waals surface area contributed by atoms with Crippen molar-refractivity contribution in [2.24, 2.45) is 0 Å². The Kier molecular flexibility index (Phi) is 5.52. The molecule has 1 aliphatic carbocycles. The molecule has 6 nitrogen and oxygen atoms in total. The van der Waals surface area contributed by atoms with Gasteiger partial charge < -0.3 is 5.32 Å². The van der Waals surface area contributed by atoms with Crippen molar-refractivity contribution in [1.29, 1.82) is 0 Å². The molecule has 1 fully saturated rings. The average Bonchev–Trinajstić information content (AvgIpc) is 3.40. The van der Waals surface area contributed by atoms with E-state index in [1.54, 1.807) is 12.4 Å². The Morgan fingerprint density at radius 3 is 2.68 bits per heavy atom. The first kappa shape index (κ1) is 18.8. The van der Waals surface area contributed by atoms with Gasteiger partial charge in [0, 0.05) is 24.1 Å². The number of hydrogen-bond acceptors (Lipinski definition) is 4. The zero-order chi connectivity index (χ0) is 19.5. The summed E-state index contributed by atoms with van der Waals surface area (Å²) >= 11 is 1.44. The Bertz CT molecular complexity index is 951. The van der Waals surface area contributed by atoms with Crippen LogP contribution in [0, 0.1) is 13.8 Å². The standard InChI is InChI=1S/C21H25N5OS/c1-15-11-16(2)13-18(12-15)25-10-9-22-21(25)28-14-20(27)24-19-7-8-23-26(19)17-5-3-4-6-17/h7-13,17H,3-6,14H2,1-2H3,(H,24,27). The monoisotopic (exact) mass is 395 g/mol. The molecule has 1 aromatic carbocycles. The molecule has 0 saturated heterocycles. The van der Waals surface area contributed by atoms with Crippen LogP contribution >= 0.6 is 11.8 Å². The SMILES string of the molecule is Cc1cc(C)cc(-n2ccnc2SCC(=O)Nc2ccnn2C2CCCC2)c1. The molecule has 4 rings (SSSR count). The molecule has 0 unspecified atom stereocenters. The molecule has 7 heteroatoms. The first-order valence-electron chi connectivity index (χ1n) is 9.68. The number of carbonyl (C=O) groups is 1. The predicted octanol–water partition coefficient (Wildman–Crippen LogP) is 4.53. The zero-order valence-electron chi connectivity index (χ0n) is 16.3. The van der Waals surface area contributed by atoms with Crippen molar-refractivity contribution in [2.45, 2.75) is 50.7 Å². The largest absolute Gasteiger partial charge is 0.310 e. The van der Waals surface area contributed by atoms with E-state index in [1.165, 1.54) is 35.7 Å². The number of carbonyl (C=O) groups excluding carboxylic acids is 1. The maximum absolute atomic E-state index is 12.5. The van der Waals surface area contributed by atoms with Crippen LogP contribution < -0.4 is 5.32 Å². The second-order valence-electron chi connectivity index (χ2n) is 7.36. The molecule has 0 aliphatic heterocycles. The van der Waals surface area contributed by atoms with E-state index in [1.807, 2.05) is 21.5 Å². The van der Waals surface area contributed by atoms with Crippen molar-refractivity contribution in [1.82, 2.24) is 19.3 Å². The van der Waals surface area contributed by atoms with Crippen molar-refractivity contribution in [3.8, 4) is 5.69 Å². The van der Waals surface area contributed by atoms with Gasteiger partial charge in [-0.05, 0) is 49.9 Å². The number of amides is 1. The summed E-state index contributed by atoms with van der Waals surface area (Å²) in [5, 5.41) is 8.23.